The Kier molecular flexibility index (Phi) is 8.92. The summed E-state index contributed by atoms with van der Waals surface area (Å²) in [5, 5.41) is 1.87. The molecule has 0 amide bonds. The zero-order valence-electron chi connectivity index (χ0n) is 28.1. The summed E-state index contributed by atoms with van der Waals surface area (Å²) in [5.74, 6) is 0.321. The summed E-state index contributed by atoms with van der Waals surface area (Å²) in [4.78, 5) is 16.0. The topological polar surface area (TPSA) is 38.8 Å². The summed E-state index contributed by atoms with van der Waals surface area (Å²) < 4.78 is 14.1. The molecule has 1 unspecified atom stereocenters. The van der Waals surface area contributed by atoms with Crippen LogP contribution in [0.25, 0.3) is 39.1 Å². The summed E-state index contributed by atoms with van der Waals surface area (Å²) in [6.07, 6.45) is 7.90. The van der Waals surface area contributed by atoms with Crippen LogP contribution in [0, 0.1) is 3.57 Å². The molecule has 0 saturated carbocycles. The van der Waals surface area contributed by atoms with E-state index < -0.39 is 5.60 Å². The first-order chi connectivity index (χ1) is 24.5. The summed E-state index contributed by atoms with van der Waals surface area (Å²) in [6.45, 7) is 4.31. The van der Waals surface area contributed by atoms with Crippen molar-refractivity contribution in [1.82, 2.24) is 0 Å². The van der Waals surface area contributed by atoms with Crippen LogP contribution in [0.1, 0.15) is 53.2 Å². The van der Waals surface area contributed by atoms with Gasteiger partial charge >= 0.3 is 5.97 Å². The van der Waals surface area contributed by atoms with Crippen LogP contribution < -0.4 is 9.64 Å². The molecule has 1 atom stereocenters. The fourth-order valence-corrected chi connectivity index (χ4v) is 7.71. The number of ether oxygens (including phenoxy) is 2. The van der Waals surface area contributed by atoms with E-state index in [1.54, 1.807) is 0 Å². The number of carbonyl (C=O) groups excluding carboxylic acids is 1. The summed E-state index contributed by atoms with van der Waals surface area (Å²) in [5.41, 5.74) is 8.17. The standard InChI is InChI=1S/C45H38INO3/c1-2-49-44(48)42-30-35-29-34(33-13-11-31(12-14-33)32-15-20-38(46)21-16-32)17-24-40(35)43-41(42)25-26-45(50-43,36-9-5-3-6-10-36)37-18-22-39(23-19-37)47-27-7-4-8-28-47/h3,5-6,9-26,29-30H,2,4,7-8,27-28H2,1H3. The molecule has 6 aromatic carbocycles. The number of halogens is 1. The smallest absolute Gasteiger partial charge is 0.338 e. The summed E-state index contributed by atoms with van der Waals surface area (Å²) >= 11 is 2.33. The molecular formula is C45H38INO3. The minimum atomic E-state index is -0.890. The van der Waals surface area contributed by atoms with Gasteiger partial charge < -0.3 is 14.4 Å². The van der Waals surface area contributed by atoms with Crippen molar-refractivity contribution in [3.05, 3.63) is 159 Å². The highest BCUT2D eigenvalue weighted by Crippen LogP contribution is 2.47. The van der Waals surface area contributed by atoms with Gasteiger partial charge in [-0.1, -0.05) is 91.0 Å². The second-order valence-corrected chi connectivity index (χ2v) is 14.3. The van der Waals surface area contributed by atoms with Gasteiger partial charge in [0.15, 0.2) is 5.60 Å². The Hall–Kier alpha value is -4.88. The third-order valence-electron chi connectivity index (χ3n) is 9.99. The van der Waals surface area contributed by atoms with Gasteiger partial charge in [0.2, 0.25) is 0 Å². The van der Waals surface area contributed by atoms with Gasteiger partial charge in [0.1, 0.15) is 5.75 Å². The van der Waals surface area contributed by atoms with E-state index in [1.807, 2.05) is 25.1 Å². The number of fused-ring (bicyclic) bond motifs is 3. The SMILES string of the molecule is CCOC(=O)c1cc2cc(-c3ccc(-c4ccc(I)cc4)cc3)ccc2c2c1C=CC(c1ccccc1)(c1ccc(N3CCCCC3)cc1)O2. The van der Waals surface area contributed by atoms with Gasteiger partial charge in [0.05, 0.1) is 12.2 Å². The number of hydrogen-bond donors (Lipinski definition) is 0. The van der Waals surface area contributed by atoms with Crippen molar-refractivity contribution in [3.8, 4) is 28.0 Å². The van der Waals surface area contributed by atoms with E-state index in [4.69, 9.17) is 9.47 Å². The fourth-order valence-electron chi connectivity index (χ4n) is 7.35. The van der Waals surface area contributed by atoms with Crippen LogP contribution in [-0.4, -0.2) is 25.7 Å². The number of anilines is 1. The molecule has 2 aliphatic rings. The first kappa shape index (κ1) is 32.3. The van der Waals surface area contributed by atoms with E-state index in [9.17, 15) is 4.79 Å². The molecule has 1 saturated heterocycles. The third kappa shape index (κ3) is 6.09. The minimum absolute atomic E-state index is 0.292. The van der Waals surface area contributed by atoms with Crippen LogP contribution in [0.15, 0.2) is 133 Å². The molecule has 0 bridgehead atoms. The number of nitrogens with zero attached hydrogens (tertiary/aromatic N) is 1. The van der Waals surface area contributed by atoms with Crippen LogP contribution in [-0.2, 0) is 10.3 Å². The highest BCUT2D eigenvalue weighted by atomic mass is 127. The Morgan fingerprint density at radius 2 is 1.36 bits per heavy atom. The van der Waals surface area contributed by atoms with Gasteiger partial charge in [0, 0.05) is 44.4 Å². The molecule has 0 N–H and O–H groups in total. The fraction of sp³-hybridized carbons (Fsp3) is 0.178. The van der Waals surface area contributed by atoms with Crippen LogP contribution in [0.5, 0.6) is 5.75 Å². The van der Waals surface area contributed by atoms with Crippen molar-refractivity contribution in [2.45, 2.75) is 31.8 Å². The molecular weight excluding hydrogens is 729 g/mol. The number of piperidine rings is 1. The molecule has 248 valence electrons. The van der Waals surface area contributed by atoms with Crippen molar-refractivity contribution >= 4 is 51.1 Å². The molecule has 0 aliphatic carbocycles. The molecule has 1 fully saturated rings. The lowest BCUT2D eigenvalue weighted by molar-refractivity contribution is 0.0525. The predicted octanol–water partition coefficient (Wildman–Crippen LogP) is 11.3. The maximum absolute atomic E-state index is 13.5. The van der Waals surface area contributed by atoms with Gasteiger partial charge in [0.25, 0.3) is 0 Å². The zero-order valence-corrected chi connectivity index (χ0v) is 30.2. The molecule has 50 heavy (non-hydrogen) atoms. The Labute approximate surface area is 307 Å². The van der Waals surface area contributed by atoms with Gasteiger partial charge in [-0.15, -0.1) is 0 Å². The lowest BCUT2D eigenvalue weighted by atomic mass is 9.82. The zero-order chi connectivity index (χ0) is 34.1. The molecule has 5 heteroatoms. The Balaban J connectivity index is 1.23. The summed E-state index contributed by atoms with van der Waals surface area (Å²) in [7, 11) is 0. The van der Waals surface area contributed by atoms with E-state index in [0.29, 0.717) is 17.9 Å². The van der Waals surface area contributed by atoms with Gasteiger partial charge in [-0.2, -0.15) is 0 Å². The van der Waals surface area contributed by atoms with Crippen molar-refractivity contribution in [3.63, 3.8) is 0 Å². The van der Waals surface area contributed by atoms with Crippen LogP contribution in [0.4, 0.5) is 5.69 Å². The van der Waals surface area contributed by atoms with Gasteiger partial charge in [-0.3, -0.25) is 0 Å². The monoisotopic (exact) mass is 767 g/mol. The number of esters is 1. The third-order valence-corrected chi connectivity index (χ3v) is 10.7. The lowest BCUT2D eigenvalue weighted by Crippen LogP contribution is -2.35. The minimum Gasteiger partial charge on any atom is -0.472 e. The predicted molar refractivity (Wildman–Crippen MR) is 213 cm³/mol. The Bertz CT molecular complexity index is 2190. The van der Waals surface area contributed by atoms with Crippen molar-refractivity contribution in [2.24, 2.45) is 0 Å². The maximum atomic E-state index is 13.5. The first-order valence-electron chi connectivity index (χ1n) is 17.5. The van der Waals surface area contributed by atoms with E-state index in [-0.39, 0.29) is 5.97 Å². The Morgan fingerprint density at radius 3 is 2.04 bits per heavy atom. The van der Waals surface area contributed by atoms with Gasteiger partial charge in [-0.25, -0.2) is 4.79 Å². The average molecular weight is 768 g/mol. The van der Waals surface area contributed by atoms with Gasteiger partial charge in [-0.05, 0) is 125 Å². The van der Waals surface area contributed by atoms with E-state index >= 15 is 0 Å². The normalized spacial score (nSPS) is 16.9. The maximum Gasteiger partial charge on any atom is 0.338 e. The molecule has 2 aliphatic heterocycles. The largest absolute Gasteiger partial charge is 0.472 e. The molecule has 4 nitrogen and oxygen atoms in total. The van der Waals surface area contributed by atoms with E-state index in [2.05, 4.69) is 149 Å². The highest BCUT2D eigenvalue weighted by Gasteiger charge is 2.39. The number of hydrogen-bond acceptors (Lipinski definition) is 4. The lowest BCUT2D eigenvalue weighted by Gasteiger charge is -2.37. The van der Waals surface area contributed by atoms with Crippen molar-refractivity contribution in [1.29, 1.82) is 0 Å². The molecule has 0 spiro atoms. The van der Waals surface area contributed by atoms with Crippen molar-refractivity contribution < 1.29 is 14.3 Å². The van der Waals surface area contributed by atoms with E-state index in [1.165, 1.54) is 39.6 Å². The van der Waals surface area contributed by atoms with Crippen LogP contribution in [0.3, 0.4) is 0 Å². The van der Waals surface area contributed by atoms with Crippen LogP contribution >= 0.6 is 22.6 Å². The quantitative estimate of drug-likeness (QED) is 0.120. The number of carbonyl (C=O) groups is 1. The molecule has 0 radical (unpaired) electrons. The number of rotatable bonds is 7. The summed E-state index contributed by atoms with van der Waals surface area (Å²) in [6, 6.07) is 44.8. The second kappa shape index (κ2) is 13.8. The average Bonchev–Trinajstić information content (AvgIpc) is 3.18. The van der Waals surface area contributed by atoms with Crippen molar-refractivity contribution in [2.75, 3.05) is 24.6 Å². The number of benzene rings is 6. The Morgan fingerprint density at radius 1 is 0.740 bits per heavy atom. The first-order valence-corrected chi connectivity index (χ1v) is 18.5. The van der Waals surface area contributed by atoms with Crippen LogP contribution in [0.2, 0.25) is 0 Å². The molecule has 2 heterocycles. The molecule has 8 rings (SSSR count). The molecule has 6 aromatic rings. The van der Waals surface area contributed by atoms with E-state index in [0.717, 1.165) is 51.7 Å². The second-order valence-electron chi connectivity index (χ2n) is 13.0. The molecule has 0 aromatic heterocycles. The highest BCUT2D eigenvalue weighted by molar-refractivity contribution is 14.1.